The van der Waals surface area contributed by atoms with Crippen molar-refractivity contribution in [1.29, 1.82) is 0 Å². The van der Waals surface area contributed by atoms with Gasteiger partial charge in [-0.05, 0) is 67.1 Å². The van der Waals surface area contributed by atoms with Crippen LogP contribution >= 0.6 is 27.5 Å². The van der Waals surface area contributed by atoms with Crippen LogP contribution in [0.15, 0.2) is 70.7 Å². The van der Waals surface area contributed by atoms with Gasteiger partial charge in [-0.25, -0.2) is 9.69 Å². The molecule has 1 aliphatic heterocycles. The first kappa shape index (κ1) is 26.9. The van der Waals surface area contributed by atoms with Crippen LogP contribution in [0.4, 0.5) is 16.2 Å². The third kappa shape index (κ3) is 6.04. The first-order valence-corrected chi connectivity index (χ1v) is 12.4. The molecule has 0 aromatic heterocycles. The third-order valence-electron chi connectivity index (χ3n) is 5.43. The van der Waals surface area contributed by atoms with Crippen LogP contribution in [0, 0.1) is 6.92 Å². The van der Waals surface area contributed by atoms with Crippen molar-refractivity contribution in [2.24, 2.45) is 0 Å². The van der Waals surface area contributed by atoms with E-state index in [9.17, 15) is 19.2 Å². The SMILES string of the molecule is COc1cc(/C=C2\C(=O)NC(=O)N(c3ccc(Br)cc3)C2=O)cc(Cl)c1OCC(=O)Nc1ccc(C)cc1. The molecule has 0 atom stereocenters. The Labute approximate surface area is 231 Å². The first-order chi connectivity index (χ1) is 18.2. The van der Waals surface area contributed by atoms with Gasteiger partial charge in [-0.15, -0.1) is 0 Å². The number of anilines is 2. The number of halogens is 2. The maximum Gasteiger partial charge on any atom is 0.335 e. The van der Waals surface area contributed by atoms with E-state index in [2.05, 4.69) is 26.6 Å². The molecule has 38 heavy (non-hydrogen) atoms. The van der Waals surface area contributed by atoms with E-state index in [0.717, 1.165) is 14.9 Å². The molecule has 0 saturated carbocycles. The Balaban J connectivity index is 1.55. The molecule has 194 valence electrons. The van der Waals surface area contributed by atoms with E-state index in [1.165, 1.54) is 25.3 Å². The van der Waals surface area contributed by atoms with E-state index >= 15 is 0 Å². The minimum atomic E-state index is -0.859. The predicted molar refractivity (Wildman–Crippen MR) is 146 cm³/mol. The highest BCUT2D eigenvalue weighted by Crippen LogP contribution is 2.37. The number of benzene rings is 3. The van der Waals surface area contributed by atoms with E-state index in [4.69, 9.17) is 21.1 Å². The lowest BCUT2D eigenvalue weighted by molar-refractivity contribution is -0.122. The lowest BCUT2D eigenvalue weighted by atomic mass is 10.1. The highest BCUT2D eigenvalue weighted by atomic mass is 79.9. The average Bonchev–Trinajstić information content (AvgIpc) is 2.88. The maximum absolute atomic E-state index is 13.1. The lowest BCUT2D eigenvalue weighted by Gasteiger charge is -2.26. The molecular formula is C27H21BrClN3O6. The molecule has 9 nitrogen and oxygen atoms in total. The van der Waals surface area contributed by atoms with Crippen molar-refractivity contribution >= 4 is 68.7 Å². The van der Waals surface area contributed by atoms with Crippen LogP contribution in [-0.4, -0.2) is 37.5 Å². The molecule has 1 heterocycles. The van der Waals surface area contributed by atoms with Gasteiger partial charge in [-0.1, -0.05) is 45.2 Å². The van der Waals surface area contributed by atoms with Crippen molar-refractivity contribution in [3.63, 3.8) is 0 Å². The number of ether oxygens (including phenoxy) is 2. The third-order valence-corrected chi connectivity index (χ3v) is 6.24. The molecule has 5 amide bonds. The number of carbonyl (C=O) groups excluding carboxylic acids is 4. The number of carbonyl (C=O) groups is 4. The number of nitrogens with zero attached hydrogens (tertiary/aromatic N) is 1. The summed E-state index contributed by atoms with van der Waals surface area (Å²) < 4.78 is 11.7. The summed E-state index contributed by atoms with van der Waals surface area (Å²) in [6.45, 7) is 1.60. The summed E-state index contributed by atoms with van der Waals surface area (Å²) in [5.41, 5.74) is 2.03. The summed E-state index contributed by atoms with van der Waals surface area (Å²) in [4.78, 5) is 51.2. The van der Waals surface area contributed by atoms with Gasteiger partial charge in [-0.3, -0.25) is 19.7 Å². The van der Waals surface area contributed by atoms with Crippen molar-refractivity contribution in [3.8, 4) is 11.5 Å². The predicted octanol–water partition coefficient (Wildman–Crippen LogP) is 5.10. The quantitative estimate of drug-likeness (QED) is 0.289. The summed E-state index contributed by atoms with van der Waals surface area (Å²) in [6, 6.07) is 15.8. The molecule has 0 unspecified atom stereocenters. The van der Waals surface area contributed by atoms with E-state index in [0.29, 0.717) is 11.3 Å². The second-order valence-corrected chi connectivity index (χ2v) is 9.49. The van der Waals surface area contributed by atoms with Crippen molar-refractivity contribution < 1.29 is 28.7 Å². The lowest BCUT2D eigenvalue weighted by Crippen LogP contribution is -2.54. The van der Waals surface area contributed by atoms with Crippen molar-refractivity contribution in [2.75, 3.05) is 23.9 Å². The van der Waals surface area contributed by atoms with E-state index in [1.807, 2.05) is 19.1 Å². The zero-order valence-corrected chi connectivity index (χ0v) is 22.6. The van der Waals surface area contributed by atoms with Crippen molar-refractivity contribution in [2.45, 2.75) is 6.92 Å². The van der Waals surface area contributed by atoms with Crippen LogP contribution in [0.1, 0.15) is 11.1 Å². The molecular weight excluding hydrogens is 578 g/mol. The number of aryl methyl sites for hydroxylation is 1. The molecule has 3 aromatic carbocycles. The smallest absolute Gasteiger partial charge is 0.335 e. The number of imide groups is 2. The number of nitrogens with one attached hydrogen (secondary N) is 2. The second kappa shape index (κ2) is 11.5. The number of barbiturate groups is 1. The zero-order valence-electron chi connectivity index (χ0n) is 20.2. The minimum absolute atomic E-state index is 0.0869. The average molecular weight is 599 g/mol. The van der Waals surface area contributed by atoms with Gasteiger partial charge in [0.2, 0.25) is 0 Å². The van der Waals surface area contributed by atoms with E-state index in [-0.39, 0.29) is 34.4 Å². The van der Waals surface area contributed by atoms with Gasteiger partial charge >= 0.3 is 6.03 Å². The number of hydrogen-bond acceptors (Lipinski definition) is 6. The van der Waals surface area contributed by atoms with Crippen molar-refractivity contribution in [1.82, 2.24) is 5.32 Å². The Kier molecular flexibility index (Phi) is 8.13. The topological polar surface area (TPSA) is 114 Å². The fraction of sp³-hybridized carbons (Fsp3) is 0.111. The highest BCUT2D eigenvalue weighted by Gasteiger charge is 2.36. The zero-order chi connectivity index (χ0) is 27.4. The van der Waals surface area contributed by atoms with Crippen molar-refractivity contribution in [3.05, 3.63) is 86.9 Å². The first-order valence-electron chi connectivity index (χ1n) is 11.2. The fourth-order valence-corrected chi connectivity index (χ4v) is 4.12. The Morgan fingerprint density at radius 1 is 1.08 bits per heavy atom. The monoisotopic (exact) mass is 597 g/mol. The Bertz CT molecular complexity index is 1450. The molecule has 4 rings (SSSR count). The summed E-state index contributed by atoms with van der Waals surface area (Å²) >= 11 is 9.71. The molecule has 3 aromatic rings. The van der Waals surface area contributed by atoms with Crippen LogP contribution in [-0.2, 0) is 14.4 Å². The van der Waals surface area contributed by atoms with E-state index in [1.54, 1.807) is 36.4 Å². The minimum Gasteiger partial charge on any atom is -0.493 e. The van der Waals surface area contributed by atoms with Gasteiger partial charge in [0.05, 0.1) is 17.8 Å². The van der Waals surface area contributed by atoms with Crippen LogP contribution in [0.25, 0.3) is 6.08 Å². The van der Waals surface area contributed by atoms with Gasteiger partial charge in [0.1, 0.15) is 5.57 Å². The van der Waals surface area contributed by atoms with Gasteiger partial charge in [0.15, 0.2) is 18.1 Å². The Hall–Kier alpha value is -4.15. The fourth-order valence-electron chi connectivity index (χ4n) is 3.58. The molecule has 11 heteroatoms. The Morgan fingerprint density at radius 3 is 2.42 bits per heavy atom. The number of methoxy groups -OCH3 is 1. The highest BCUT2D eigenvalue weighted by molar-refractivity contribution is 9.10. The number of amides is 5. The second-order valence-electron chi connectivity index (χ2n) is 8.17. The van der Waals surface area contributed by atoms with Crippen LogP contribution in [0.2, 0.25) is 5.02 Å². The molecule has 1 aliphatic rings. The molecule has 0 aliphatic carbocycles. The van der Waals surface area contributed by atoms with Crippen LogP contribution in [0.5, 0.6) is 11.5 Å². The molecule has 1 fully saturated rings. The molecule has 2 N–H and O–H groups in total. The van der Waals surface area contributed by atoms with Crippen LogP contribution in [0.3, 0.4) is 0 Å². The van der Waals surface area contributed by atoms with Gasteiger partial charge in [0.25, 0.3) is 17.7 Å². The normalized spacial score (nSPS) is 14.4. The maximum atomic E-state index is 13.1. The largest absolute Gasteiger partial charge is 0.493 e. The summed E-state index contributed by atoms with van der Waals surface area (Å²) in [6.07, 6.45) is 1.29. The molecule has 0 radical (unpaired) electrons. The van der Waals surface area contributed by atoms with E-state index < -0.39 is 23.8 Å². The molecule has 0 bridgehead atoms. The molecule has 0 spiro atoms. The number of urea groups is 1. The summed E-state index contributed by atoms with van der Waals surface area (Å²) in [5.74, 6) is -1.76. The molecule has 1 saturated heterocycles. The van der Waals surface area contributed by atoms with Gasteiger partial charge in [-0.2, -0.15) is 0 Å². The Morgan fingerprint density at radius 2 is 1.76 bits per heavy atom. The van der Waals surface area contributed by atoms with Gasteiger partial charge < -0.3 is 14.8 Å². The number of hydrogen-bond donors (Lipinski definition) is 2. The van der Waals surface area contributed by atoms with Gasteiger partial charge in [0, 0.05) is 10.2 Å². The standard InChI is InChI=1S/C27H21BrClN3O6/c1-15-3-7-18(8-4-15)30-23(33)14-38-24-21(29)12-16(13-22(24)37-2)11-20-25(34)31-27(36)32(26(20)35)19-9-5-17(28)6-10-19/h3-13H,14H2,1-2H3,(H,30,33)(H,31,34,36)/b20-11+. The summed E-state index contributed by atoms with van der Waals surface area (Å²) in [5, 5.41) is 4.98. The number of rotatable bonds is 7. The van der Waals surface area contributed by atoms with Crippen LogP contribution < -0.4 is 25.0 Å². The summed E-state index contributed by atoms with van der Waals surface area (Å²) in [7, 11) is 1.38.